The third-order valence-corrected chi connectivity index (χ3v) is 6.97. The van der Waals surface area contributed by atoms with E-state index in [9.17, 15) is 8.42 Å². The Morgan fingerprint density at radius 3 is 2.68 bits per heavy atom. The third-order valence-electron chi connectivity index (χ3n) is 4.38. The highest BCUT2D eigenvalue weighted by Gasteiger charge is 2.45. The van der Waals surface area contributed by atoms with Crippen LogP contribution in [0.4, 0.5) is 0 Å². The molecule has 0 radical (unpaired) electrons. The quantitative estimate of drug-likeness (QED) is 0.818. The first-order chi connectivity index (χ1) is 8.90. The first-order valence-corrected chi connectivity index (χ1v) is 8.80. The fourth-order valence-electron chi connectivity index (χ4n) is 3.09. The highest BCUT2D eigenvalue weighted by Crippen LogP contribution is 2.29. The fraction of sp³-hybridized carbons (Fsp3) is 1.00. The molecule has 0 amide bonds. The summed E-state index contributed by atoms with van der Waals surface area (Å²) in [7, 11) is -3.25. The second kappa shape index (κ2) is 5.68. The minimum atomic E-state index is -3.25. The zero-order valence-electron chi connectivity index (χ0n) is 12.4. The molecule has 112 valence electrons. The highest BCUT2D eigenvalue weighted by molar-refractivity contribution is 7.90. The molecule has 1 unspecified atom stereocenters. The number of likely N-dealkylation sites (tertiary alicyclic amines) is 1. The Bertz CT molecular complexity index is 408. The largest absolute Gasteiger partial charge is 0.314 e. The lowest BCUT2D eigenvalue weighted by atomic mass is 10.1. The summed E-state index contributed by atoms with van der Waals surface area (Å²) in [4.78, 5) is 2.31. The molecule has 2 heterocycles. The summed E-state index contributed by atoms with van der Waals surface area (Å²) < 4.78 is 26.8. The minimum Gasteiger partial charge on any atom is -0.314 e. The van der Waals surface area contributed by atoms with E-state index in [1.807, 2.05) is 13.8 Å². The molecule has 2 rings (SSSR count). The summed E-state index contributed by atoms with van der Waals surface area (Å²) in [5.74, 6) is 0. The van der Waals surface area contributed by atoms with E-state index in [4.69, 9.17) is 0 Å². The number of hydrogen-bond acceptors (Lipinski definition) is 4. The van der Waals surface area contributed by atoms with Gasteiger partial charge in [0.2, 0.25) is 10.0 Å². The standard InChI is InChI=1S/C13H27N3O2S/c1-4-15-9-6-5-7-12(15)16-10-8-14-11-13(2,3)19(16,17)18/h12,14H,4-11H2,1-3H3. The van der Waals surface area contributed by atoms with Gasteiger partial charge in [-0.2, -0.15) is 4.31 Å². The van der Waals surface area contributed by atoms with Gasteiger partial charge in [-0.15, -0.1) is 0 Å². The molecule has 0 bridgehead atoms. The van der Waals surface area contributed by atoms with E-state index < -0.39 is 14.8 Å². The highest BCUT2D eigenvalue weighted by atomic mass is 32.2. The molecule has 2 aliphatic heterocycles. The van der Waals surface area contributed by atoms with Gasteiger partial charge in [0, 0.05) is 19.6 Å². The van der Waals surface area contributed by atoms with Crippen LogP contribution >= 0.6 is 0 Å². The molecule has 0 aromatic heterocycles. The minimum absolute atomic E-state index is 0.0583. The lowest BCUT2D eigenvalue weighted by molar-refractivity contribution is 0.0694. The van der Waals surface area contributed by atoms with Crippen molar-refractivity contribution in [3.63, 3.8) is 0 Å². The summed E-state index contributed by atoms with van der Waals surface area (Å²) in [6.07, 6.45) is 3.33. The van der Waals surface area contributed by atoms with Gasteiger partial charge in [-0.1, -0.05) is 6.92 Å². The molecular weight excluding hydrogens is 262 g/mol. The van der Waals surface area contributed by atoms with Crippen molar-refractivity contribution in [1.29, 1.82) is 0 Å². The van der Waals surface area contributed by atoms with Crippen LogP contribution < -0.4 is 5.32 Å². The van der Waals surface area contributed by atoms with Crippen LogP contribution in [-0.4, -0.2) is 61.3 Å². The normalized spacial score (nSPS) is 32.9. The second-order valence-corrected chi connectivity index (χ2v) is 8.68. The van der Waals surface area contributed by atoms with Crippen molar-refractivity contribution < 1.29 is 8.42 Å². The molecular formula is C13H27N3O2S. The van der Waals surface area contributed by atoms with Crippen LogP contribution in [-0.2, 0) is 10.0 Å². The van der Waals surface area contributed by atoms with E-state index in [2.05, 4.69) is 17.1 Å². The van der Waals surface area contributed by atoms with Crippen molar-refractivity contribution in [2.45, 2.75) is 50.9 Å². The van der Waals surface area contributed by atoms with Gasteiger partial charge in [0.15, 0.2) is 0 Å². The Kier molecular flexibility index (Phi) is 4.55. The van der Waals surface area contributed by atoms with Crippen LogP contribution in [0.3, 0.4) is 0 Å². The molecule has 0 saturated carbocycles. The first-order valence-electron chi connectivity index (χ1n) is 7.36. The average Bonchev–Trinajstić information content (AvgIpc) is 2.47. The van der Waals surface area contributed by atoms with E-state index in [0.717, 1.165) is 32.5 Å². The average molecular weight is 289 g/mol. The van der Waals surface area contributed by atoms with Crippen molar-refractivity contribution in [2.75, 3.05) is 32.7 Å². The van der Waals surface area contributed by atoms with Gasteiger partial charge in [-0.05, 0) is 46.2 Å². The number of piperidine rings is 1. The van der Waals surface area contributed by atoms with E-state index in [0.29, 0.717) is 13.1 Å². The van der Waals surface area contributed by atoms with Crippen molar-refractivity contribution in [1.82, 2.24) is 14.5 Å². The van der Waals surface area contributed by atoms with Crippen molar-refractivity contribution in [3.05, 3.63) is 0 Å². The topological polar surface area (TPSA) is 52.6 Å². The first kappa shape index (κ1) is 15.2. The Morgan fingerprint density at radius 2 is 2.00 bits per heavy atom. The maximum absolute atomic E-state index is 12.9. The number of nitrogens with one attached hydrogen (secondary N) is 1. The van der Waals surface area contributed by atoms with Gasteiger partial charge >= 0.3 is 0 Å². The molecule has 6 heteroatoms. The van der Waals surface area contributed by atoms with Gasteiger partial charge in [0.25, 0.3) is 0 Å². The predicted molar refractivity (Wildman–Crippen MR) is 77.5 cm³/mol. The van der Waals surface area contributed by atoms with Crippen molar-refractivity contribution in [3.8, 4) is 0 Å². The van der Waals surface area contributed by atoms with Crippen LogP contribution in [0.5, 0.6) is 0 Å². The summed E-state index contributed by atoms with van der Waals surface area (Å²) in [6, 6.07) is 0. The second-order valence-electron chi connectivity index (χ2n) is 6.16. The Balaban J connectivity index is 2.30. The monoisotopic (exact) mass is 289 g/mol. The predicted octanol–water partition coefficient (Wildman–Crippen LogP) is 0.832. The van der Waals surface area contributed by atoms with Gasteiger partial charge in [-0.3, -0.25) is 4.90 Å². The van der Waals surface area contributed by atoms with Gasteiger partial charge < -0.3 is 5.32 Å². The maximum Gasteiger partial charge on any atom is 0.221 e. The zero-order valence-corrected chi connectivity index (χ0v) is 13.2. The lowest BCUT2D eigenvalue weighted by Crippen LogP contribution is -2.57. The lowest BCUT2D eigenvalue weighted by Gasteiger charge is -2.43. The third kappa shape index (κ3) is 2.82. The van der Waals surface area contributed by atoms with Gasteiger partial charge in [-0.25, -0.2) is 8.42 Å². The number of sulfonamides is 1. The number of rotatable bonds is 2. The van der Waals surface area contributed by atoms with E-state index in [1.165, 1.54) is 6.42 Å². The van der Waals surface area contributed by atoms with E-state index in [-0.39, 0.29) is 6.17 Å². The molecule has 2 aliphatic rings. The van der Waals surface area contributed by atoms with E-state index >= 15 is 0 Å². The van der Waals surface area contributed by atoms with Crippen LogP contribution in [0.2, 0.25) is 0 Å². The molecule has 5 nitrogen and oxygen atoms in total. The van der Waals surface area contributed by atoms with Crippen LogP contribution in [0.25, 0.3) is 0 Å². The number of hydrogen-bond donors (Lipinski definition) is 1. The maximum atomic E-state index is 12.9. The van der Waals surface area contributed by atoms with E-state index in [1.54, 1.807) is 4.31 Å². The van der Waals surface area contributed by atoms with Crippen molar-refractivity contribution in [2.24, 2.45) is 0 Å². The summed E-state index contributed by atoms with van der Waals surface area (Å²) in [6.45, 7) is 9.57. The fourth-order valence-corrected chi connectivity index (χ4v) is 4.90. The smallest absolute Gasteiger partial charge is 0.221 e. The molecule has 1 atom stereocenters. The summed E-state index contributed by atoms with van der Waals surface area (Å²) >= 11 is 0. The Morgan fingerprint density at radius 1 is 1.26 bits per heavy atom. The van der Waals surface area contributed by atoms with Crippen LogP contribution in [0.15, 0.2) is 0 Å². The molecule has 1 N–H and O–H groups in total. The molecule has 0 spiro atoms. The Hall–Kier alpha value is -0.170. The van der Waals surface area contributed by atoms with Crippen LogP contribution in [0.1, 0.15) is 40.0 Å². The summed E-state index contributed by atoms with van der Waals surface area (Å²) in [5.41, 5.74) is 0. The molecule has 0 aromatic rings. The van der Waals surface area contributed by atoms with Crippen molar-refractivity contribution >= 4 is 10.0 Å². The summed E-state index contributed by atoms with van der Waals surface area (Å²) in [5, 5.41) is 3.26. The Labute approximate surface area is 117 Å². The number of nitrogens with zero attached hydrogens (tertiary/aromatic N) is 2. The zero-order chi connectivity index (χ0) is 14.1. The van der Waals surface area contributed by atoms with Gasteiger partial charge in [0.1, 0.15) is 0 Å². The SMILES string of the molecule is CCN1CCCCC1N1CCNCC(C)(C)S1(=O)=O. The van der Waals surface area contributed by atoms with Crippen LogP contribution in [0, 0.1) is 0 Å². The molecule has 19 heavy (non-hydrogen) atoms. The molecule has 0 aliphatic carbocycles. The molecule has 2 fully saturated rings. The molecule has 0 aromatic carbocycles. The van der Waals surface area contributed by atoms with Gasteiger partial charge in [0.05, 0.1) is 10.9 Å². The molecule has 2 saturated heterocycles.